The van der Waals surface area contributed by atoms with E-state index in [-0.39, 0.29) is 23.1 Å². The third-order valence-electron chi connectivity index (χ3n) is 5.01. The van der Waals surface area contributed by atoms with Crippen molar-refractivity contribution in [3.05, 3.63) is 21.5 Å². The summed E-state index contributed by atoms with van der Waals surface area (Å²) in [7, 11) is 0. The summed E-state index contributed by atoms with van der Waals surface area (Å²) < 4.78 is 1.24. The van der Waals surface area contributed by atoms with Crippen molar-refractivity contribution in [2.75, 3.05) is 13.1 Å². The van der Waals surface area contributed by atoms with Gasteiger partial charge < -0.3 is 27.4 Å². The van der Waals surface area contributed by atoms with E-state index >= 15 is 0 Å². The van der Waals surface area contributed by atoms with E-state index in [1.807, 2.05) is 0 Å². The SMILES string of the molecule is CCN1C(CNC(=O)C2NC(Cl)=C(N)NC2N)NC2CC(Br)=CCC21. The van der Waals surface area contributed by atoms with E-state index in [1.54, 1.807) is 0 Å². The number of nitrogens with zero attached hydrogens (tertiary/aromatic N) is 1. The molecule has 2 aliphatic heterocycles. The molecule has 0 aromatic rings. The Morgan fingerprint density at radius 2 is 2.28 bits per heavy atom. The van der Waals surface area contributed by atoms with Gasteiger partial charge in [0, 0.05) is 18.6 Å². The van der Waals surface area contributed by atoms with Crippen molar-refractivity contribution in [1.82, 2.24) is 26.2 Å². The molecule has 0 spiro atoms. The maximum Gasteiger partial charge on any atom is 0.246 e. The Morgan fingerprint density at radius 1 is 1.52 bits per heavy atom. The van der Waals surface area contributed by atoms with E-state index in [4.69, 9.17) is 23.1 Å². The first-order chi connectivity index (χ1) is 11.9. The molecule has 5 unspecified atom stereocenters. The second kappa shape index (κ2) is 7.71. The van der Waals surface area contributed by atoms with E-state index in [0.29, 0.717) is 18.6 Å². The summed E-state index contributed by atoms with van der Waals surface area (Å²) in [6, 6.07) is 0.187. The number of halogens is 2. The molecule has 0 saturated carbocycles. The van der Waals surface area contributed by atoms with Crippen molar-refractivity contribution in [2.45, 2.75) is 50.2 Å². The van der Waals surface area contributed by atoms with Crippen LogP contribution in [0.25, 0.3) is 0 Å². The zero-order chi connectivity index (χ0) is 18.1. The molecule has 0 radical (unpaired) electrons. The Kier molecular flexibility index (Phi) is 5.79. The summed E-state index contributed by atoms with van der Waals surface area (Å²) in [5.41, 5.74) is 11.6. The summed E-state index contributed by atoms with van der Waals surface area (Å²) in [5.74, 6) is 0.0349. The van der Waals surface area contributed by atoms with Gasteiger partial charge in [0.25, 0.3) is 0 Å². The van der Waals surface area contributed by atoms with Crippen LogP contribution in [-0.2, 0) is 4.79 Å². The summed E-state index contributed by atoms with van der Waals surface area (Å²) in [5, 5.41) is 12.4. The minimum Gasteiger partial charge on any atom is -0.383 e. The fraction of sp³-hybridized carbons (Fsp3) is 0.667. The number of rotatable bonds is 4. The molecule has 8 N–H and O–H groups in total. The molecule has 0 aromatic heterocycles. The second-order valence-corrected chi connectivity index (χ2v) is 7.94. The smallest absolute Gasteiger partial charge is 0.246 e. The molecule has 3 rings (SSSR count). The number of hydrogen-bond acceptors (Lipinski definition) is 7. The fourth-order valence-electron chi connectivity index (χ4n) is 3.75. The maximum atomic E-state index is 12.5. The topological polar surface area (TPSA) is 120 Å². The van der Waals surface area contributed by atoms with Crippen LogP contribution < -0.4 is 32.7 Å². The van der Waals surface area contributed by atoms with Crippen LogP contribution in [0.5, 0.6) is 0 Å². The van der Waals surface area contributed by atoms with Crippen molar-refractivity contribution in [2.24, 2.45) is 11.5 Å². The third-order valence-corrected chi connectivity index (χ3v) is 5.97. The standard InChI is InChI=1S/C15H25BrClN7O/c1-2-24-9-4-3-7(16)5-8(9)21-10(24)6-20-15(25)11-13(18)23-14(19)12(17)22-11/h3,8-11,13,21-23H,2,4-6,18-19H2,1H3,(H,20,25). The molecule has 25 heavy (non-hydrogen) atoms. The quantitative estimate of drug-likeness (QED) is 0.325. The molecule has 1 fully saturated rings. The fourth-order valence-corrected chi connectivity index (χ4v) is 4.46. The van der Waals surface area contributed by atoms with Crippen molar-refractivity contribution >= 4 is 33.4 Å². The number of hydrogen-bond donors (Lipinski definition) is 6. The lowest BCUT2D eigenvalue weighted by Crippen LogP contribution is -2.64. The lowest BCUT2D eigenvalue weighted by atomic mass is 9.97. The van der Waals surface area contributed by atoms with Gasteiger partial charge >= 0.3 is 0 Å². The van der Waals surface area contributed by atoms with Crippen LogP contribution in [0.15, 0.2) is 21.5 Å². The molecular weight excluding hydrogens is 410 g/mol. The van der Waals surface area contributed by atoms with Crippen LogP contribution in [0.4, 0.5) is 0 Å². The van der Waals surface area contributed by atoms with Gasteiger partial charge in [0.15, 0.2) is 0 Å². The highest BCUT2D eigenvalue weighted by molar-refractivity contribution is 9.11. The van der Waals surface area contributed by atoms with Crippen LogP contribution in [-0.4, -0.2) is 54.4 Å². The molecule has 5 atom stereocenters. The highest BCUT2D eigenvalue weighted by Crippen LogP contribution is 2.31. The first-order valence-corrected chi connectivity index (χ1v) is 9.65. The van der Waals surface area contributed by atoms with Gasteiger partial charge in [-0.1, -0.05) is 40.5 Å². The first kappa shape index (κ1) is 18.8. The zero-order valence-electron chi connectivity index (χ0n) is 14.1. The average molecular weight is 435 g/mol. The Bertz CT molecular complexity index is 598. The van der Waals surface area contributed by atoms with E-state index in [9.17, 15) is 4.79 Å². The molecular formula is C15H25BrClN7O. The summed E-state index contributed by atoms with van der Waals surface area (Å²) in [4.78, 5) is 14.9. The van der Waals surface area contributed by atoms with Gasteiger partial charge in [-0.3, -0.25) is 15.0 Å². The molecule has 2 heterocycles. The first-order valence-electron chi connectivity index (χ1n) is 8.48. The number of fused-ring (bicyclic) bond motifs is 1. The van der Waals surface area contributed by atoms with Gasteiger partial charge in [-0.25, -0.2) is 0 Å². The minimum absolute atomic E-state index is 0.0969. The van der Waals surface area contributed by atoms with E-state index in [0.717, 1.165) is 19.4 Å². The van der Waals surface area contributed by atoms with E-state index < -0.39 is 12.2 Å². The molecule has 1 saturated heterocycles. The van der Waals surface area contributed by atoms with E-state index in [1.165, 1.54) is 4.48 Å². The second-order valence-electron chi connectivity index (χ2n) is 6.54. The highest BCUT2D eigenvalue weighted by atomic mass is 79.9. The third kappa shape index (κ3) is 3.90. The van der Waals surface area contributed by atoms with Crippen LogP contribution >= 0.6 is 27.5 Å². The van der Waals surface area contributed by atoms with Crippen molar-refractivity contribution in [3.8, 4) is 0 Å². The molecule has 10 heteroatoms. The van der Waals surface area contributed by atoms with Gasteiger partial charge in [-0.2, -0.15) is 0 Å². The Hall–Kier alpha value is -1.00. The lowest BCUT2D eigenvalue weighted by Gasteiger charge is -2.32. The molecule has 140 valence electrons. The van der Waals surface area contributed by atoms with Gasteiger partial charge in [-0.05, 0) is 23.9 Å². The van der Waals surface area contributed by atoms with Crippen LogP contribution in [0.2, 0.25) is 0 Å². The van der Waals surface area contributed by atoms with Crippen molar-refractivity contribution in [3.63, 3.8) is 0 Å². The van der Waals surface area contributed by atoms with Crippen LogP contribution in [0.3, 0.4) is 0 Å². The monoisotopic (exact) mass is 433 g/mol. The number of nitrogens with two attached hydrogens (primary N) is 2. The Morgan fingerprint density at radius 3 is 3.00 bits per heavy atom. The average Bonchev–Trinajstić information content (AvgIpc) is 2.92. The Labute approximate surface area is 160 Å². The molecule has 0 bridgehead atoms. The van der Waals surface area contributed by atoms with Crippen LogP contribution in [0, 0.1) is 0 Å². The lowest BCUT2D eigenvalue weighted by molar-refractivity contribution is -0.124. The van der Waals surface area contributed by atoms with E-state index in [2.05, 4.69) is 55.1 Å². The molecule has 3 aliphatic rings. The predicted molar refractivity (Wildman–Crippen MR) is 101 cm³/mol. The zero-order valence-corrected chi connectivity index (χ0v) is 16.4. The molecule has 8 nitrogen and oxygen atoms in total. The van der Waals surface area contributed by atoms with Gasteiger partial charge in [0.05, 0.1) is 6.17 Å². The largest absolute Gasteiger partial charge is 0.383 e. The number of carbonyl (C=O) groups is 1. The summed E-state index contributed by atoms with van der Waals surface area (Å²) in [6.45, 7) is 3.56. The summed E-state index contributed by atoms with van der Waals surface area (Å²) in [6.07, 6.45) is 3.69. The summed E-state index contributed by atoms with van der Waals surface area (Å²) >= 11 is 9.55. The van der Waals surface area contributed by atoms with Crippen molar-refractivity contribution < 1.29 is 4.79 Å². The maximum absolute atomic E-state index is 12.5. The molecule has 1 aliphatic carbocycles. The number of likely N-dealkylation sites (N-methyl/N-ethyl adjacent to an activating group) is 1. The van der Waals surface area contributed by atoms with Crippen LogP contribution in [0.1, 0.15) is 19.8 Å². The predicted octanol–water partition coefficient (Wildman–Crippen LogP) is -0.666. The van der Waals surface area contributed by atoms with Gasteiger partial charge in [0.1, 0.15) is 23.2 Å². The highest BCUT2D eigenvalue weighted by Gasteiger charge is 2.41. The van der Waals surface area contributed by atoms with Gasteiger partial charge in [-0.15, -0.1) is 0 Å². The number of amides is 1. The minimum atomic E-state index is -0.672. The number of carbonyl (C=O) groups excluding carboxylic acids is 1. The number of nitrogens with one attached hydrogen (secondary N) is 4. The van der Waals surface area contributed by atoms with Gasteiger partial charge in [0.2, 0.25) is 5.91 Å². The van der Waals surface area contributed by atoms with Crippen molar-refractivity contribution in [1.29, 1.82) is 0 Å². The molecule has 1 amide bonds. The normalized spacial score (nSPS) is 35.5. The Balaban J connectivity index is 1.57. The molecule has 0 aromatic carbocycles.